The van der Waals surface area contributed by atoms with Gasteiger partial charge >= 0.3 is 0 Å². The molecule has 1 aromatic heterocycles. The first-order valence-corrected chi connectivity index (χ1v) is 11.5. The maximum absolute atomic E-state index is 12.9. The van der Waals surface area contributed by atoms with Crippen LogP contribution in [0.1, 0.15) is 19.3 Å². The maximum atomic E-state index is 12.9. The first kappa shape index (κ1) is 21.8. The topological polar surface area (TPSA) is 69.0 Å². The Morgan fingerprint density at radius 2 is 1.56 bits per heavy atom. The third-order valence-corrected chi connectivity index (χ3v) is 5.97. The summed E-state index contributed by atoms with van der Waals surface area (Å²) in [6.07, 6.45) is 4.54. The van der Waals surface area contributed by atoms with Crippen molar-refractivity contribution in [2.75, 3.05) is 19.7 Å². The molecule has 0 atom stereocenters. The fourth-order valence-electron chi connectivity index (χ4n) is 4.10. The molecule has 0 bridgehead atoms. The van der Waals surface area contributed by atoms with Gasteiger partial charge in [0, 0.05) is 19.2 Å². The Hall–Kier alpha value is -4.06. The van der Waals surface area contributed by atoms with Crippen LogP contribution in [0, 0.1) is 0 Å². The van der Waals surface area contributed by atoms with Gasteiger partial charge in [-0.2, -0.15) is 0 Å². The summed E-state index contributed by atoms with van der Waals surface area (Å²) in [5, 5.41) is 0.383. The number of amides is 1. The van der Waals surface area contributed by atoms with Crippen LogP contribution in [0.15, 0.2) is 88.3 Å². The molecule has 172 valence electrons. The molecule has 0 unspecified atom stereocenters. The van der Waals surface area contributed by atoms with Gasteiger partial charge in [-0.25, -0.2) is 0 Å². The maximum Gasteiger partial charge on any atom is 0.260 e. The zero-order chi connectivity index (χ0) is 23.3. The number of rotatable bonds is 6. The van der Waals surface area contributed by atoms with Crippen LogP contribution in [0.5, 0.6) is 17.2 Å². The predicted octanol–water partition coefficient (Wildman–Crippen LogP) is 5.64. The molecule has 0 saturated carbocycles. The van der Waals surface area contributed by atoms with Crippen molar-refractivity contribution in [3.05, 3.63) is 89.3 Å². The minimum absolute atomic E-state index is 0.0247. The van der Waals surface area contributed by atoms with E-state index in [2.05, 4.69) is 0 Å². The molecule has 1 amide bonds. The monoisotopic (exact) mass is 455 g/mol. The highest BCUT2D eigenvalue weighted by Crippen LogP contribution is 2.26. The molecule has 0 N–H and O–H groups in total. The average Bonchev–Trinajstić information content (AvgIpc) is 2.90. The lowest BCUT2D eigenvalue weighted by molar-refractivity contribution is -0.134. The van der Waals surface area contributed by atoms with Gasteiger partial charge in [-0.15, -0.1) is 0 Å². The Bertz CT molecular complexity index is 1340. The second kappa shape index (κ2) is 9.83. The molecule has 5 rings (SSSR count). The summed E-state index contributed by atoms with van der Waals surface area (Å²) < 4.78 is 17.1. The zero-order valence-corrected chi connectivity index (χ0v) is 18.7. The first-order chi connectivity index (χ1) is 16.7. The van der Waals surface area contributed by atoms with Crippen LogP contribution in [-0.4, -0.2) is 30.5 Å². The minimum atomic E-state index is -0.274. The van der Waals surface area contributed by atoms with Gasteiger partial charge in [0.25, 0.3) is 5.91 Å². The van der Waals surface area contributed by atoms with Gasteiger partial charge in [0.15, 0.2) is 6.61 Å². The molecule has 6 heteroatoms. The van der Waals surface area contributed by atoms with Crippen molar-refractivity contribution in [2.24, 2.45) is 0 Å². The normalized spacial score (nSPS) is 13.6. The molecule has 0 spiro atoms. The fraction of sp³-hybridized carbons (Fsp3) is 0.214. The van der Waals surface area contributed by atoms with Crippen molar-refractivity contribution < 1.29 is 18.7 Å². The number of benzene rings is 3. The van der Waals surface area contributed by atoms with Gasteiger partial charge in [0.1, 0.15) is 23.3 Å². The van der Waals surface area contributed by atoms with Crippen molar-refractivity contribution in [2.45, 2.75) is 19.3 Å². The van der Waals surface area contributed by atoms with Gasteiger partial charge in [-0.1, -0.05) is 42.5 Å². The van der Waals surface area contributed by atoms with E-state index in [9.17, 15) is 9.59 Å². The predicted molar refractivity (Wildman–Crippen MR) is 130 cm³/mol. The smallest absolute Gasteiger partial charge is 0.260 e. The van der Waals surface area contributed by atoms with Crippen LogP contribution >= 0.6 is 0 Å². The highest BCUT2D eigenvalue weighted by molar-refractivity contribution is 5.80. The molecule has 34 heavy (non-hydrogen) atoms. The molecular weight excluding hydrogens is 430 g/mol. The van der Waals surface area contributed by atoms with E-state index >= 15 is 0 Å². The lowest BCUT2D eigenvalue weighted by atomic mass is 10.1. The van der Waals surface area contributed by atoms with Crippen molar-refractivity contribution in [3.63, 3.8) is 0 Å². The summed E-state index contributed by atoms with van der Waals surface area (Å²) in [7, 11) is 0. The van der Waals surface area contributed by atoms with Gasteiger partial charge in [0.05, 0.1) is 5.39 Å². The number of ether oxygens (including phenoxy) is 2. The number of hydrogen-bond acceptors (Lipinski definition) is 5. The summed E-state index contributed by atoms with van der Waals surface area (Å²) in [6, 6.07) is 22.5. The number of fused-ring (bicyclic) bond motifs is 1. The molecule has 1 aliphatic rings. The number of carbonyl (C=O) groups excluding carboxylic acids is 1. The number of nitrogens with zero attached hydrogens (tertiary/aromatic N) is 1. The van der Waals surface area contributed by atoms with E-state index in [1.54, 1.807) is 18.2 Å². The Morgan fingerprint density at radius 3 is 2.32 bits per heavy atom. The van der Waals surface area contributed by atoms with E-state index in [1.165, 1.54) is 12.7 Å². The van der Waals surface area contributed by atoms with E-state index in [0.717, 1.165) is 37.1 Å². The first-order valence-electron chi connectivity index (χ1n) is 11.5. The van der Waals surface area contributed by atoms with Crippen molar-refractivity contribution in [1.29, 1.82) is 0 Å². The SMILES string of the molecule is O=C(COc1ccc2c(=O)c(Oc3ccc(-c4ccccc4)cc3)coc2c1)N1CCCCC1. The lowest BCUT2D eigenvalue weighted by Crippen LogP contribution is -2.38. The molecular formula is C28H25NO5. The fourth-order valence-corrected chi connectivity index (χ4v) is 4.10. The van der Waals surface area contributed by atoms with E-state index in [-0.39, 0.29) is 23.7 Å². The van der Waals surface area contributed by atoms with Crippen LogP contribution in [0.4, 0.5) is 0 Å². The largest absolute Gasteiger partial charge is 0.484 e. The lowest BCUT2D eigenvalue weighted by Gasteiger charge is -2.26. The number of piperidine rings is 1. The number of hydrogen-bond donors (Lipinski definition) is 0. The Labute approximate surface area is 197 Å². The molecule has 1 fully saturated rings. The third-order valence-electron chi connectivity index (χ3n) is 5.97. The zero-order valence-electron chi connectivity index (χ0n) is 18.7. The summed E-state index contributed by atoms with van der Waals surface area (Å²) in [6.45, 7) is 1.54. The minimum Gasteiger partial charge on any atom is -0.484 e. The van der Waals surface area contributed by atoms with Gasteiger partial charge in [0.2, 0.25) is 11.2 Å². The Kier molecular flexibility index (Phi) is 6.29. The highest BCUT2D eigenvalue weighted by atomic mass is 16.5. The Morgan fingerprint density at radius 1 is 0.853 bits per heavy atom. The van der Waals surface area contributed by atoms with Gasteiger partial charge < -0.3 is 18.8 Å². The van der Waals surface area contributed by atoms with Gasteiger partial charge in [-0.3, -0.25) is 9.59 Å². The summed E-state index contributed by atoms with van der Waals surface area (Å²) in [5.74, 6) is 1.10. The van der Waals surface area contributed by atoms with E-state index in [1.807, 2.05) is 59.5 Å². The van der Waals surface area contributed by atoms with E-state index in [4.69, 9.17) is 13.9 Å². The molecule has 0 aliphatic carbocycles. The summed E-state index contributed by atoms with van der Waals surface area (Å²) in [5.41, 5.74) is 2.27. The van der Waals surface area contributed by atoms with Crippen LogP contribution < -0.4 is 14.9 Å². The average molecular weight is 456 g/mol. The van der Waals surface area contributed by atoms with Crippen molar-refractivity contribution in [1.82, 2.24) is 4.90 Å². The quantitative estimate of drug-likeness (QED) is 0.376. The third kappa shape index (κ3) is 4.81. The molecule has 4 aromatic rings. The summed E-state index contributed by atoms with van der Waals surface area (Å²) in [4.78, 5) is 27.1. The number of carbonyl (C=O) groups is 1. The molecule has 1 aliphatic heterocycles. The second-order valence-electron chi connectivity index (χ2n) is 8.31. The Balaban J connectivity index is 1.28. The van der Waals surface area contributed by atoms with E-state index < -0.39 is 0 Å². The summed E-state index contributed by atoms with van der Waals surface area (Å²) >= 11 is 0. The van der Waals surface area contributed by atoms with Crippen LogP contribution in [0.25, 0.3) is 22.1 Å². The van der Waals surface area contributed by atoms with Gasteiger partial charge in [-0.05, 0) is 54.7 Å². The molecule has 6 nitrogen and oxygen atoms in total. The second-order valence-corrected chi connectivity index (χ2v) is 8.31. The van der Waals surface area contributed by atoms with Crippen LogP contribution in [0.3, 0.4) is 0 Å². The highest BCUT2D eigenvalue weighted by Gasteiger charge is 2.17. The van der Waals surface area contributed by atoms with Crippen molar-refractivity contribution >= 4 is 16.9 Å². The van der Waals surface area contributed by atoms with E-state index in [0.29, 0.717) is 22.5 Å². The van der Waals surface area contributed by atoms with Crippen LogP contribution in [-0.2, 0) is 4.79 Å². The molecule has 0 radical (unpaired) electrons. The molecule has 2 heterocycles. The number of likely N-dealkylation sites (tertiary alicyclic amines) is 1. The standard InChI is InChI=1S/C28H25NO5/c30-27(29-15-5-2-6-16-29)19-32-23-13-14-24-25(17-23)33-18-26(28(24)31)34-22-11-9-21(10-12-22)20-7-3-1-4-8-20/h1,3-4,7-14,17-18H,2,5-6,15-16,19H2. The molecule has 3 aromatic carbocycles. The molecule has 1 saturated heterocycles. The van der Waals surface area contributed by atoms with Crippen molar-refractivity contribution in [3.8, 4) is 28.4 Å². The van der Waals surface area contributed by atoms with Crippen LogP contribution in [0.2, 0.25) is 0 Å².